The zero-order valence-corrected chi connectivity index (χ0v) is 11.4. The summed E-state index contributed by atoms with van der Waals surface area (Å²) in [4.78, 5) is 0. The first-order valence-electron chi connectivity index (χ1n) is 5.58. The smallest absolute Gasteiger partial charge is 0.137 e. The van der Waals surface area contributed by atoms with Crippen LogP contribution >= 0.6 is 15.9 Å². The van der Waals surface area contributed by atoms with E-state index in [0.29, 0.717) is 21.8 Å². The van der Waals surface area contributed by atoms with Gasteiger partial charge in [-0.3, -0.25) is 0 Å². The topological polar surface area (TPSA) is 12.0 Å². The first-order valence-corrected chi connectivity index (χ1v) is 6.37. The molecule has 2 atom stereocenters. The maximum absolute atomic E-state index is 13.2. The molecule has 1 saturated carbocycles. The van der Waals surface area contributed by atoms with E-state index in [1.165, 1.54) is 12.5 Å². The number of rotatable bonds is 3. The SMILES string of the molecule is CNC(c1ccc(F)c(Br)c1)C1CC1(C)C. The summed E-state index contributed by atoms with van der Waals surface area (Å²) in [5.41, 5.74) is 1.57. The van der Waals surface area contributed by atoms with Gasteiger partial charge in [0.05, 0.1) is 4.47 Å². The first kappa shape index (κ1) is 12.1. The Balaban J connectivity index is 2.24. The molecule has 1 N–H and O–H groups in total. The van der Waals surface area contributed by atoms with E-state index in [1.54, 1.807) is 0 Å². The van der Waals surface area contributed by atoms with Crippen molar-refractivity contribution in [3.05, 3.63) is 34.1 Å². The molecule has 1 aromatic rings. The lowest BCUT2D eigenvalue weighted by molar-refractivity contribution is 0.440. The van der Waals surface area contributed by atoms with Crippen molar-refractivity contribution in [2.24, 2.45) is 11.3 Å². The van der Waals surface area contributed by atoms with Crippen LogP contribution in [0.2, 0.25) is 0 Å². The van der Waals surface area contributed by atoms with E-state index in [2.05, 4.69) is 35.1 Å². The molecule has 0 radical (unpaired) electrons. The maximum Gasteiger partial charge on any atom is 0.137 e. The first-order chi connectivity index (χ1) is 7.45. The molecule has 1 nitrogen and oxygen atoms in total. The Kier molecular flexibility index (Phi) is 3.10. The van der Waals surface area contributed by atoms with Gasteiger partial charge in [0.1, 0.15) is 5.82 Å². The van der Waals surface area contributed by atoms with Crippen LogP contribution in [-0.2, 0) is 0 Å². The highest BCUT2D eigenvalue weighted by atomic mass is 79.9. The van der Waals surface area contributed by atoms with Gasteiger partial charge in [0.25, 0.3) is 0 Å². The summed E-state index contributed by atoms with van der Waals surface area (Å²) in [5, 5.41) is 3.34. The van der Waals surface area contributed by atoms with Crippen LogP contribution in [0.4, 0.5) is 4.39 Å². The van der Waals surface area contributed by atoms with Gasteiger partial charge in [0.2, 0.25) is 0 Å². The van der Waals surface area contributed by atoms with E-state index < -0.39 is 0 Å². The van der Waals surface area contributed by atoms with Crippen LogP contribution in [-0.4, -0.2) is 7.05 Å². The lowest BCUT2D eigenvalue weighted by Gasteiger charge is -2.19. The predicted octanol–water partition coefficient (Wildman–Crippen LogP) is 3.89. The van der Waals surface area contributed by atoms with Crippen molar-refractivity contribution in [3.63, 3.8) is 0 Å². The summed E-state index contributed by atoms with van der Waals surface area (Å²) in [6, 6.07) is 5.60. The molecule has 1 aliphatic rings. The molecule has 0 heterocycles. The number of nitrogens with one attached hydrogen (secondary N) is 1. The molecule has 0 aromatic heterocycles. The van der Waals surface area contributed by atoms with Gasteiger partial charge in [-0.15, -0.1) is 0 Å². The van der Waals surface area contributed by atoms with Crippen LogP contribution in [0, 0.1) is 17.2 Å². The van der Waals surface area contributed by atoms with Gasteiger partial charge in [-0.2, -0.15) is 0 Å². The van der Waals surface area contributed by atoms with Gasteiger partial charge in [-0.25, -0.2) is 4.39 Å². The number of hydrogen-bond donors (Lipinski definition) is 1. The Labute approximate surface area is 105 Å². The molecule has 1 fully saturated rings. The van der Waals surface area contributed by atoms with E-state index in [4.69, 9.17) is 0 Å². The normalized spacial score (nSPS) is 24.2. The standard InChI is InChI=1S/C13H17BrFN/c1-13(2)7-9(13)12(16-3)8-4-5-11(15)10(14)6-8/h4-6,9,12,16H,7H2,1-3H3. The van der Waals surface area contributed by atoms with Gasteiger partial charge in [0.15, 0.2) is 0 Å². The van der Waals surface area contributed by atoms with Crippen molar-refractivity contribution in [3.8, 4) is 0 Å². The van der Waals surface area contributed by atoms with E-state index >= 15 is 0 Å². The Morgan fingerprint density at radius 1 is 1.50 bits per heavy atom. The van der Waals surface area contributed by atoms with E-state index in [9.17, 15) is 4.39 Å². The van der Waals surface area contributed by atoms with Crippen LogP contribution in [0.5, 0.6) is 0 Å². The van der Waals surface area contributed by atoms with Crippen molar-refractivity contribution >= 4 is 15.9 Å². The highest BCUT2D eigenvalue weighted by Gasteiger charge is 2.50. The average molecular weight is 286 g/mol. The summed E-state index contributed by atoms with van der Waals surface area (Å²) in [6.07, 6.45) is 1.23. The lowest BCUT2D eigenvalue weighted by Crippen LogP contribution is -2.20. The maximum atomic E-state index is 13.2. The Hall–Kier alpha value is -0.410. The minimum Gasteiger partial charge on any atom is -0.313 e. The molecule has 16 heavy (non-hydrogen) atoms. The minimum atomic E-state index is -0.200. The van der Waals surface area contributed by atoms with Crippen LogP contribution in [0.15, 0.2) is 22.7 Å². The van der Waals surface area contributed by atoms with Crippen molar-refractivity contribution in [2.75, 3.05) is 7.05 Å². The van der Waals surface area contributed by atoms with E-state index in [1.807, 2.05) is 19.2 Å². The van der Waals surface area contributed by atoms with Crippen LogP contribution in [0.1, 0.15) is 31.9 Å². The molecule has 88 valence electrons. The monoisotopic (exact) mass is 285 g/mol. The molecular formula is C13H17BrFN. The highest BCUT2D eigenvalue weighted by Crippen LogP contribution is 2.57. The molecule has 3 heteroatoms. The molecule has 1 aromatic carbocycles. The summed E-state index contributed by atoms with van der Waals surface area (Å²) < 4.78 is 13.7. The number of benzene rings is 1. The van der Waals surface area contributed by atoms with E-state index in [-0.39, 0.29) is 5.82 Å². The summed E-state index contributed by atoms with van der Waals surface area (Å²) in [5.74, 6) is 0.448. The second kappa shape index (κ2) is 4.11. The molecular weight excluding hydrogens is 269 g/mol. The van der Waals surface area contributed by atoms with Crippen molar-refractivity contribution in [1.82, 2.24) is 5.32 Å². The zero-order chi connectivity index (χ0) is 11.9. The third kappa shape index (κ3) is 2.16. The second-order valence-electron chi connectivity index (χ2n) is 5.24. The fourth-order valence-electron chi connectivity index (χ4n) is 2.38. The number of halogens is 2. The van der Waals surface area contributed by atoms with Crippen LogP contribution in [0.25, 0.3) is 0 Å². The van der Waals surface area contributed by atoms with Crippen LogP contribution < -0.4 is 5.32 Å². The van der Waals surface area contributed by atoms with Crippen molar-refractivity contribution < 1.29 is 4.39 Å². The average Bonchev–Trinajstić information content (AvgIpc) is 2.82. The van der Waals surface area contributed by atoms with Crippen molar-refractivity contribution in [2.45, 2.75) is 26.3 Å². The molecule has 0 spiro atoms. The zero-order valence-electron chi connectivity index (χ0n) is 9.85. The third-order valence-electron chi connectivity index (χ3n) is 3.61. The fraction of sp³-hybridized carbons (Fsp3) is 0.538. The van der Waals surface area contributed by atoms with Crippen LogP contribution in [0.3, 0.4) is 0 Å². The van der Waals surface area contributed by atoms with Gasteiger partial charge in [-0.05, 0) is 58.4 Å². The van der Waals surface area contributed by atoms with Gasteiger partial charge < -0.3 is 5.32 Å². The van der Waals surface area contributed by atoms with Gasteiger partial charge >= 0.3 is 0 Å². The van der Waals surface area contributed by atoms with Gasteiger partial charge in [0, 0.05) is 6.04 Å². The molecule has 1 aliphatic carbocycles. The molecule has 0 aliphatic heterocycles. The minimum absolute atomic E-state index is 0.200. The second-order valence-corrected chi connectivity index (χ2v) is 6.09. The predicted molar refractivity (Wildman–Crippen MR) is 67.8 cm³/mol. The molecule has 0 bridgehead atoms. The Morgan fingerprint density at radius 2 is 2.12 bits per heavy atom. The molecule has 0 amide bonds. The number of hydrogen-bond acceptors (Lipinski definition) is 1. The quantitative estimate of drug-likeness (QED) is 0.888. The molecule has 2 rings (SSSR count). The summed E-state index contributed by atoms with van der Waals surface area (Å²) in [7, 11) is 1.97. The molecule has 2 unspecified atom stereocenters. The fourth-order valence-corrected chi connectivity index (χ4v) is 2.78. The van der Waals surface area contributed by atoms with E-state index in [0.717, 1.165) is 5.56 Å². The largest absolute Gasteiger partial charge is 0.313 e. The lowest BCUT2D eigenvalue weighted by atomic mass is 9.97. The third-order valence-corrected chi connectivity index (χ3v) is 4.21. The van der Waals surface area contributed by atoms with Crippen molar-refractivity contribution in [1.29, 1.82) is 0 Å². The van der Waals surface area contributed by atoms with Gasteiger partial charge in [-0.1, -0.05) is 19.9 Å². The highest BCUT2D eigenvalue weighted by molar-refractivity contribution is 9.10. The summed E-state index contributed by atoms with van der Waals surface area (Å²) in [6.45, 7) is 4.56. The Morgan fingerprint density at radius 3 is 2.56 bits per heavy atom. The molecule has 0 saturated heterocycles. The Bertz CT molecular complexity index is 403. The summed E-state index contributed by atoms with van der Waals surface area (Å²) >= 11 is 3.24.